The van der Waals surface area contributed by atoms with Gasteiger partial charge in [-0.25, -0.2) is 4.79 Å². The van der Waals surface area contributed by atoms with E-state index in [1.807, 2.05) is 31.2 Å². The quantitative estimate of drug-likeness (QED) is 0.246. The molecule has 0 aromatic heterocycles. The fraction of sp³-hybridized carbons (Fsp3) is 0.0435. The summed E-state index contributed by atoms with van der Waals surface area (Å²) in [4.78, 5) is 24.5. The van der Waals surface area contributed by atoms with Crippen molar-refractivity contribution < 1.29 is 14.3 Å². The van der Waals surface area contributed by atoms with Crippen LogP contribution in [0.25, 0.3) is 6.08 Å². The van der Waals surface area contributed by atoms with Crippen LogP contribution in [-0.4, -0.2) is 11.8 Å². The summed E-state index contributed by atoms with van der Waals surface area (Å²) < 4.78 is 5.38. The molecule has 0 aliphatic carbocycles. The number of esters is 1. The molecule has 3 aromatic rings. The van der Waals surface area contributed by atoms with Crippen molar-refractivity contribution in [3.63, 3.8) is 0 Å². The van der Waals surface area contributed by atoms with Crippen LogP contribution in [0.15, 0.2) is 78.9 Å². The lowest BCUT2D eigenvalue weighted by atomic mass is 10.1. The van der Waals surface area contributed by atoms with E-state index in [-0.39, 0.29) is 5.78 Å². The highest BCUT2D eigenvalue weighted by Gasteiger charge is 2.11. The van der Waals surface area contributed by atoms with Crippen LogP contribution in [0.5, 0.6) is 5.75 Å². The molecule has 0 N–H and O–H groups in total. The third-order valence-electron chi connectivity index (χ3n) is 4.01. The molecule has 0 amide bonds. The molecule has 0 aliphatic rings. The first-order valence-corrected chi connectivity index (χ1v) is 8.76. The Labute approximate surface area is 162 Å². The van der Waals surface area contributed by atoms with Gasteiger partial charge in [-0.05, 0) is 66.6 Å². The van der Waals surface area contributed by atoms with E-state index in [9.17, 15) is 9.59 Å². The van der Waals surface area contributed by atoms with E-state index in [4.69, 9.17) is 16.3 Å². The van der Waals surface area contributed by atoms with Crippen LogP contribution in [0.2, 0.25) is 5.02 Å². The van der Waals surface area contributed by atoms with E-state index in [0.717, 1.165) is 11.1 Å². The van der Waals surface area contributed by atoms with E-state index in [1.165, 1.54) is 6.08 Å². The van der Waals surface area contributed by atoms with Gasteiger partial charge in [-0.1, -0.05) is 48.0 Å². The highest BCUT2D eigenvalue weighted by atomic mass is 35.5. The Morgan fingerprint density at radius 1 is 0.889 bits per heavy atom. The third kappa shape index (κ3) is 4.93. The molecular formula is C23H17ClO3. The van der Waals surface area contributed by atoms with Crippen molar-refractivity contribution >= 4 is 29.4 Å². The number of rotatable bonds is 5. The highest BCUT2D eigenvalue weighted by Crippen LogP contribution is 2.17. The van der Waals surface area contributed by atoms with Gasteiger partial charge in [0, 0.05) is 10.6 Å². The highest BCUT2D eigenvalue weighted by molar-refractivity contribution is 6.30. The molecule has 0 atom stereocenters. The van der Waals surface area contributed by atoms with E-state index < -0.39 is 5.97 Å². The monoisotopic (exact) mass is 376 g/mol. The van der Waals surface area contributed by atoms with Gasteiger partial charge in [0.25, 0.3) is 0 Å². The van der Waals surface area contributed by atoms with Crippen molar-refractivity contribution in [2.45, 2.75) is 6.92 Å². The Hall–Kier alpha value is -3.17. The lowest BCUT2D eigenvalue weighted by molar-refractivity contribution is 0.0734. The molecule has 0 spiro atoms. The molecule has 0 fully saturated rings. The summed E-state index contributed by atoms with van der Waals surface area (Å²) in [5.74, 6) is -0.168. The number of ether oxygens (including phenoxy) is 1. The number of allylic oxidation sites excluding steroid dienone is 1. The number of hydrogen-bond acceptors (Lipinski definition) is 3. The van der Waals surface area contributed by atoms with Crippen molar-refractivity contribution in [1.82, 2.24) is 0 Å². The van der Waals surface area contributed by atoms with Gasteiger partial charge in [-0.2, -0.15) is 0 Å². The Morgan fingerprint density at radius 3 is 2.22 bits per heavy atom. The van der Waals surface area contributed by atoms with Gasteiger partial charge in [0.15, 0.2) is 5.78 Å². The summed E-state index contributed by atoms with van der Waals surface area (Å²) in [6, 6.07) is 20.9. The van der Waals surface area contributed by atoms with Crippen LogP contribution >= 0.6 is 11.6 Å². The van der Waals surface area contributed by atoms with Gasteiger partial charge >= 0.3 is 5.97 Å². The molecule has 0 radical (unpaired) electrons. The average molecular weight is 377 g/mol. The Bertz CT molecular complexity index is 987. The number of hydrogen-bond donors (Lipinski definition) is 0. The fourth-order valence-electron chi connectivity index (χ4n) is 2.49. The smallest absolute Gasteiger partial charge is 0.343 e. The van der Waals surface area contributed by atoms with Crippen LogP contribution < -0.4 is 4.74 Å². The number of aryl methyl sites for hydroxylation is 1. The van der Waals surface area contributed by atoms with E-state index in [1.54, 1.807) is 54.6 Å². The molecule has 3 rings (SSSR count). The summed E-state index contributed by atoms with van der Waals surface area (Å²) in [5, 5.41) is 0.648. The molecule has 0 aliphatic heterocycles. The first-order chi connectivity index (χ1) is 13.0. The van der Waals surface area contributed by atoms with Crippen molar-refractivity contribution in [1.29, 1.82) is 0 Å². The molecule has 3 aromatic carbocycles. The third-order valence-corrected chi connectivity index (χ3v) is 4.26. The second-order valence-electron chi connectivity index (χ2n) is 5.98. The van der Waals surface area contributed by atoms with E-state index in [0.29, 0.717) is 21.9 Å². The first kappa shape index (κ1) is 18.6. The van der Waals surface area contributed by atoms with E-state index >= 15 is 0 Å². The molecule has 3 nitrogen and oxygen atoms in total. The van der Waals surface area contributed by atoms with Gasteiger partial charge in [0.1, 0.15) is 5.75 Å². The minimum Gasteiger partial charge on any atom is -0.423 e. The number of halogens is 1. The Balaban J connectivity index is 1.66. The topological polar surface area (TPSA) is 43.4 Å². The van der Waals surface area contributed by atoms with Gasteiger partial charge in [0.05, 0.1) is 5.56 Å². The fourth-order valence-corrected chi connectivity index (χ4v) is 2.62. The van der Waals surface area contributed by atoms with Crippen molar-refractivity contribution in [2.75, 3.05) is 0 Å². The van der Waals surface area contributed by atoms with Crippen LogP contribution in [0, 0.1) is 6.92 Å². The second-order valence-corrected chi connectivity index (χ2v) is 6.41. The van der Waals surface area contributed by atoms with Gasteiger partial charge in [-0.3, -0.25) is 4.79 Å². The number of carbonyl (C=O) groups is 2. The van der Waals surface area contributed by atoms with Gasteiger partial charge in [-0.15, -0.1) is 0 Å². The summed E-state index contributed by atoms with van der Waals surface area (Å²) >= 11 is 5.84. The lowest BCUT2D eigenvalue weighted by Gasteiger charge is -2.07. The van der Waals surface area contributed by atoms with Crippen LogP contribution in [0.3, 0.4) is 0 Å². The maximum atomic E-state index is 12.3. The first-order valence-electron chi connectivity index (χ1n) is 8.39. The van der Waals surface area contributed by atoms with Crippen LogP contribution in [0.1, 0.15) is 31.8 Å². The standard InChI is InChI=1S/C23H17ClO3/c1-16-4-2-3-5-21(16)23(26)27-20-13-9-18(10-14-20)22(25)15-8-17-6-11-19(24)12-7-17/h2-15H,1H3/b15-8+. The zero-order valence-electron chi connectivity index (χ0n) is 14.7. The number of benzene rings is 3. The molecular weight excluding hydrogens is 360 g/mol. The predicted octanol–water partition coefficient (Wildman–Crippen LogP) is 5.76. The van der Waals surface area contributed by atoms with Crippen LogP contribution in [0.4, 0.5) is 0 Å². The second kappa shape index (κ2) is 8.47. The largest absolute Gasteiger partial charge is 0.423 e. The molecule has 0 heterocycles. The summed E-state index contributed by atoms with van der Waals surface area (Å²) in [6.07, 6.45) is 3.22. The lowest BCUT2D eigenvalue weighted by Crippen LogP contribution is -2.10. The maximum Gasteiger partial charge on any atom is 0.343 e. The number of ketones is 1. The predicted molar refractivity (Wildman–Crippen MR) is 107 cm³/mol. The summed E-state index contributed by atoms with van der Waals surface area (Å²) in [6.45, 7) is 1.85. The Morgan fingerprint density at radius 2 is 1.56 bits per heavy atom. The van der Waals surface area contributed by atoms with Crippen LogP contribution in [-0.2, 0) is 0 Å². The van der Waals surface area contributed by atoms with Crippen molar-refractivity contribution in [3.8, 4) is 5.75 Å². The molecule has 0 saturated carbocycles. The van der Waals surface area contributed by atoms with Crippen molar-refractivity contribution in [2.24, 2.45) is 0 Å². The number of carbonyl (C=O) groups excluding carboxylic acids is 2. The minimum absolute atomic E-state index is 0.137. The molecule has 4 heteroatoms. The zero-order valence-corrected chi connectivity index (χ0v) is 15.4. The molecule has 134 valence electrons. The van der Waals surface area contributed by atoms with Crippen molar-refractivity contribution in [3.05, 3.63) is 106 Å². The van der Waals surface area contributed by atoms with Gasteiger partial charge < -0.3 is 4.74 Å². The van der Waals surface area contributed by atoms with E-state index in [2.05, 4.69) is 0 Å². The maximum absolute atomic E-state index is 12.3. The Kier molecular flexibility index (Phi) is 5.84. The molecule has 0 bridgehead atoms. The molecule has 0 unspecified atom stereocenters. The molecule has 0 saturated heterocycles. The zero-order chi connectivity index (χ0) is 19.2. The normalized spacial score (nSPS) is 10.7. The summed E-state index contributed by atoms with van der Waals surface area (Å²) in [5.41, 5.74) is 2.76. The minimum atomic E-state index is -0.421. The molecule has 27 heavy (non-hydrogen) atoms. The summed E-state index contributed by atoms with van der Waals surface area (Å²) in [7, 11) is 0. The average Bonchev–Trinajstić information content (AvgIpc) is 2.68. The SMILES string of the molecule is Cc1ccccc1C(=O)Oc1ccc(C(=O)/C=C/c2ccc(Cl)cc2)cc1. The van der Waals surface area contributed by atoms with Gasteiger partial charge in [0.2, 0.25) is 0 Å².